The number of rotatable bonds is 6. The van der Waals surface area contributed by atoms with Crippen molar-refractivity contribution in [3.8, 4) is 0 Å². The van der Waals surface area contributed by atoms with Crippen molar-refractivity contribution < 1.29 is 19.1 Å². The van der Waals surface area contributed by atoms with E-state index >= 15 is 0 Å². The van der Waals surface area contributed by atoms with E-state index in [4.69, 9.17) is 4.74 Å². The number of ether oxygens (including phenoxy) is 1. The third kappa shape index (κ3) is 6.93. The van der Waals surface area contributed by atoms with Gasteiger partial charge < -0.3 is 19.9 Å². The van der Waals surface area contributed by atoms with E-state index in [-0.39, 0.29) is 30.4 Å². The molecule has 1 aliphatic heterocycles. The van der Waals surface area contributed by atoms with Crippen molar-refractivity contribution in [3.63, 3.8) is 0 Å². The van der Waals surface area contributed by atoms with E-state index in [1.54, 1.807) is 35.0 Å². The molecule has 1 heterocycles. The molecule has 7 heteroatoms. The second-order valence-electron chi connectivity index (χ2n) is 8.31. The molecular formula is C22H31N3O4. The summed E-state index contributed by atoms with van der Waals surface area (Å²) in [7, 11) is 1.75. The number of anilines is 1. The zero-order valence-electron chi connectivity index (χ0n) is 17.7. The number of likely N-dealkylation sites (tertiary alicyclic amines) is 1. The number of hydrogen-bond donors (Lipinski definition) is 1. The van der Waals surface area contributed by atoms with Crippen molar-refractivity contribution in [1.82, 2.24) is 9.80 Å². The molecular weight excluding hydrogens is 370 g/mol. The molecule has 1 aromatic rings. The minimum Gasteiger partial charge on any atom is -0.444 e. The van der Waals surface area contributed by atoms with Gasteiger partial charge in [-0.3, -0.25) is 9.59 Å². The van der Waals surface area contributed by atoms with Crippen molar-refractivity contribution in [3.05, 3.63) is 42.5 Å². The van der Waals surface area contributed by atoms with E-state index in [1.165, 1.54) is 6.08 Å². The number of hydrogen-bond acceptors (Lipinski definition) is 4. The van der Waals surface area contributed by atoms with Crippen LogP contribution >= 0.6 is 0 Å². The number of benzene rings is 1. The zero-order valence-corrected chi connectivity index (χ0v) is 17.7. The summed E-state index contributed by atoms with van der Waals surface area (Å²) >= 11 is 0. The highest BCUT2D eigenvalue weighted by Gasteiger charge is 2.33. The second kappa shape index (κ2) is 9.58. The van der Waals surface area contributed by atoms with Crippen LogP contribution in [0.25, 0.3) is 0 Å². The summed E-state index contributed by atoms with van der Waals surface area (Å²) in [5, 5.41) is 2.69. The van der Waals surface area contributed by atoms with Crippen molar-refractivity contribution >= 4 is 23.6 Å². The molecule has 0 radical (unpaired) electrons. The number of amides is 3. The summed E-state index contributed by atoms with van der Waals surface area (Å²) in [5.41, 5.74) is 0.881. The van der Waals surface area contributed by atoms with E-state index in [0.29, 0.717) is 18.8 Å². The fraction of sp³-hybridized carbons (Fsp3) is 0.500. The highest BCUT2D eigenvalue weighted by Crippen LogP contribution is 2.22. The molecule has 2 rings (SSSR count). The van der Waals surface area contributed by atoms with Gasteiger partial charge in [0.2, 0.25) is 11.8 Å². The van der Waals surface area contributed by atoms with Crippen LogP contribution in [0, 0.1) is 0 Å². The Morgan fingerprint density at radius 2 is 2.07 bits per heavy atom. The lowest BCUT2D eigenvalue weighted by Gasteiger charge is -2.31. The first kappa shape index (κ1) is 22.5. The first-order chi connectivity index (χ1) is 13.6. The average molecular weight is 402 g/mol. The summed E-state index contributed by atoms with van der Waals surface area (Å²) in [4.78, 5) is 39.9. The van der Waals surface area contributed by atoms with E-state index in [2.05, 4.69) is 11.9 Å². The Labute approximate surface area is 172 Å². The highest BCUT2D eigenvalue weighted by atomic mass is 16.6. The van der Waals surface area contributed by atoms with Crippen molar-refractivity contribution in [2.24, 2.45) is 0 Å². The van der Waals surface area contributed by atoms with Gasteiger partial charge in [0.05, 0.1) is 12.5 Å². The first-order valence-electron chi connectivity index (χ1n) is 9.85. The van der Waals surface area contributed by atoms with Gasteiger partial charge in [-0.05, 0) is 57.4 Å². The van der Waals surface area contributed by atoms with Crippen LogP contribution in [0.2, 0.25) is 0 Å². The smallest absolute Gasteiger partial charge is 0.410 e. The summed E-state index contributed by atoms with van der Waals surface area (Å²) < 4.78 is 5.49. The third-order valence-corrected chi connectivity index (χ3v) is 4.65. The van der Waals surface area contributed by atoms with Gasteiger partial charge in [0.1, 0.15) is 5.60 Å². The Morgan fingerprint density at radius 1 is 1.34 bits per heavy atom. The molecule has 0 aromatic heterocycles. The minimum absolute atomic E-state index is 0.0444. The molecule has 0 saturated carbocycles. The SMILES string of the molecule is C=CC(=O)Nc1cccc(CC(=O)N(C)C[C@H]2CCCN2C(=O)OC(C)(C)C)c1. The van der Waals surface area contributed by atoms with Gasteiger partial charge in [-0.25, -0.2) is 4.79 Å². The van der Waals surface area contributed by atoms with E-state index in [0.717, 1.165) is 18.4 Å². The lowest BCUT2D eigenvalue weighted by atomic mass is 10.1. The zero-order chi connectivity index (χ0) is 21.6. The van der Waals surface area contributed by atoms with Gasteiger partial charge in [-0.1, -0.05) is 18.7 Å². The van der Waals surface area contributed by atoms with Crippen LogP contribution in [0.3, 0.4) is 0 Å². The molecule has 1 saturated heterocycles. The molecule has 0 unspecified atom stereocenters. The predicted octanol–water partition coefficient (Wildman–Crippen LogP) is 3.21. The summed E-state index contributed by atoms with van der Waals surface area (Å²) in [6, 6.07) is 7.13. The average Bonchev–Trinajstić information content (AvgIpc) is 3.08. The molecule has 0 aliphatic carbocycles. The molecule has 1 atom stereocenters. The van der Waals surface area contributed by atoms with Gasteiger partial charge in [0.25, 0.3) is 0 Å². The van der Waals surface area contributed by atoms with Gasteiger partial charge in [0, 0.05) is 25.8 Å². The Morgan fingerprint density at radius 3 is 2.72 bits per heavy atom. The monoisotopic (exact) mass is 401 g/mol. The Balaban J connectivity index is 1.95. The molecule has 0 bridgehead atoms. The number of likely N-dealkylation sites (N-methyl/N-ethyl adjacent to an activating group) is 1. The molecule has 1 aromatic carbocycles. The topological polar surface area (TPSA) is 79.0 Å². The summed E-state index contributed by atoms with van der Waals surface area (Å²) in [5.74, 6) is -0.345. The normalized spacial score (nSPS) is 16.3. The van der Waals surface area contributed by atoms with Crippen LogP contribution in [-0.2, 0) is 20.7 Å². The maximum Gasteiger partial charge on any atom is 0.410 e. The van der Waals surface area contributed by atoms with Gasteiger partial charge in [-0.15, -0.1) is 0 Å². The molecule has 1 fully saturated rings. The fourth-order valence-corrected chi connectivity index (χ4v) is 3.27. The Hall–Kier alpha value is -2.83. The predicted molar refractivity (Wildman–Crippen MR) is 113 cm³/mol. The summed E-state index contributed by atoms with van der Waals surface area (Å²) in [6.07, 6.45) is 2.83. The lowest BCUT2D eigenvalue weighted by molar-refractivity contribution is -0.129. The number of nitrogens with zero attached hydrogens (tertiary/aromatic N) is 2. The molecule has 3 amide bonds. The number of carbonyl (C=O) groups excluding carboxylic acids is 3. The molecule has 0 spiro atoms. The fourth-order valence-electron chi connectivity index (χ4n) is 3.27. The highest BCUT2D eigenvalue weighted by molar-refractivity contribution is 5.98. The van der Waals surface area contributed by atoms with Crippen LogP contribution in [0.15, 0.2) is 36.9 Å². The summed E-state index contributed by atoms with van der Waals surface area (Å²) in [6.45, 7) is 10.1. The standard InChI is InChI=1S/C22H31N3O4/c1-6-19(26)23-17-10-7-9-16(13-17)14-20(27)24(5)15-18-11-8-12-25(18)21(28)29-22(2,3)4/h6-7,9-10,13,18H,1,8,11-12,14-15H2,2-5H3,(H,23,26)/t18-/m1/s1. The van der Waals surface area contributed by atoms with Gasteiger partial charge >= 0.3 is 6.09 Å². The van der Waals surface area contributed by atoms with Crippen LogP contribution in [-0.4, -0.2) is 59.5 Å². The molecule has 7 nitrogen and oxygen atoms in total. The van der Waals surface area contributed by atoms with E-state index in [9.17, 15) is 14.4 Å². The van der Waals surface area contributed by atoms with E-state index in [1.807, 2.05) is 26.8 Å². The lowest BCUT2D eigenvalue weighted by Crippen LogP contribution is -2.45. The van der Waals surface area contributed by atoms with Crippen LogP contribution in [0.1, 0.15) is 39.2 Å². The maximum absolute atomic E-state index is 12.7. The quantitative estimate of drug-likeness (QED) is 0.743. The second-order valence-corrected chi connectivity index (χ2v) is 8.31. The molecule has 29 heavy (non-hydrogen) atoms. The molecule has 1 aliphatic rings. The maximum atomic E-state index is 12.7. The number of nitrogens with one attached hydrogen (secondary N) is 1. The van der Waals surface area contributed by atoms with Crippen molar-refractivity contribution in [1.29, 1.82) is 0 Å². The Bertz CT molecular complexity index is 770. The van der Waals surface area contributed by atoms with Gasteiger partial charge in [0.15, 0.2) is 0 Å². The number of carbonyl (C=O) groups is 3. The largest absolute Gasteiger partial charge is 0.444 e. The van der Waals surface area contributed by atoms with Crippen LogP contribution in [0.5, 0.6) is 0 Å². The van der Waals surface area contributed by atoms with E-state index < -0.39 is 5.60 Å². The van der Waals surface area contributed by atoms with Crippen molar-refractivity contribution in [2.45, 2.75) is 51.7 Å². The van der Waals surface area contributed by atoms with Gasteiger partial charge in [-0.2, -0.15) is 0 Å². The first-order valence-corrected chi connectivity index (χ1v) is 9.85. The van der Waals surface area contributed by atoms with Crippen molar-refractivity contribution in [2.75, 3.05) is 25.5 Å². The third-order valence-electron chi connectivity index (χ3n) is 4.65. The molecule has 158 valence electrons. The minimum atomic E-state index is -0.544. The van der Waals surface area contributed by atoms with Crippen LogP contribution in [0.4, 0.5) is 10.5 Å². The van der Waals surface area contributed by atoms with Crippen LogP contribution < -0.4 is 5.32 Å². The molecule has 1 N–H and O–H groups in total. The Kier molecular flexibility index (Phi) is 7.42.